The summed E-state index contributed by atoms with van der Waals surface area (Å²) in [6.45, 7) is 6.04. The van der Waals surface area contributed by atoms with Crippen molar-refractivity contribution >= 4 is 11.4 Å². The average Bonchev–Trinajstić information content (AvgIpc) is 2.70. The molecule has 2 aromatic carbocycles. The molecular weight excluding hydrogens is 334 g/mol. The first kappa shape index (κ1) is 21.1. The van der Waals surface area contributed by atoms with E-state index in [0.29, 0.717) is 0 Å². The van der Waals surface area contributed by atoms with Gasteiger partial charge in [-0.15, -0.1) is 0 Å². The summed E-state index contributed by atoms with van der Waals surface area (Å²) in [4.78, 5) is 0. The van der Waals surface area contributed by atoms with Crippen molar-refractivity contribution in [3.8, 4) is 11.5 Å². The third kappa shape index (κ3) is 8.85. The van der Waals surface area contributed by atoms with Crippen LogP contribution < -0.4 is 14.8 Å². The zero-order valence-corrected chi connectivity index (χ0v) is 17.0. The molecule has 0 fully saturated rings. The molecule has 0 radical (unpaired) electrons. The molecule has 0 amide bonds. The molecule has 27 heavy (non-hydrogen) atoms. The second-order valence-corrected chi connectivity index (χ2v) is 6.99. The van der Waals surface area contributed by atoms with E-state index in [2.05, 4.69) is 43.4 Å². The molecule has 148 valence electrons. The lowest BCUT2D eigenvalue weighted by molar-refractivity contribution is 0.305. The molecule has 2 rings (SSSR count). The zero-order chi connectivity index (χ0) is 19.2. The highest BCUT2D eigenvalue weighted by atomic mass is 16.5. The van der Waals surface area contributed by atoms with Gasteiger partial charge in [-0.1, -0.05) is 52.4 Å². The van der Waals surface area contributed by atoms with Crippen LogP contribution in [-0.2, 0) is 0 Å². The molecule has 0 spiro atoms. The normalized spacial score (nSPS) is 10.6. The maximum atomic E-state index is 5.79. The summed E-state index contributed by atoms with van der Waals surface area (Å²) in [5.41, 5.74) is 2.11. The molecule has 3 nitrogen and oxygen atoms in total. The molecule has 1 N–H and O–H groups in total. The van der Waals surface area contributed by atoms with E-state index in [4.69, 9.17) is 9.47 Å². The lowest BCUT2D eigenvalue weighted by Crippen LogP contribution is -1.98. The first-order valence-corrected chi connectivity index (χ1v) is 10.5. The van der Waals surface area contributed by atoms with E-state index < -0.39 is 0 Å². The Morgan fingerprint density at radius 3 is 1.33 bits per heavy atom. The van der Waals surface area contributed by atoms with Gasteiger partial charge in [0.1, 0.15) is 11.5 Å². The highest BCUT2D eigenvalue weighted by Crippen LogP contribution is 2.22. The monoisotopic (exact) mass is 369 g/mol. The van der Waals surface area contributed by atoms with Gasteiger partial charge in [0, 0.05) is 11.4 Å². The van der Waals surface area contributed by atoms with Crippen molar-refractivity contribution in [1.82, 2.24) is 0 Å². The summed E-state index contributed by atoms with van der Waals surface area (Å²) >= 11 is 0. The van der Waals surface area contributed by atoms with Crippen LogP contribution >= 0.6 is 0 Å². The highest BCUT2D eigenvalue weighted by molar-refractivity contribution is 5.60. The molecule has 0 heterocycles. The van der Waals surface area contributed by atoms with E-state index in [1.807, 2.05) is 24.3 Å². The van der Waals surface area contributed by atoms with Crippen LogP contribution in [0.2, 0.25) is 0 Å². The van der Waals surface area contributed by atoms with E-state index in [-0.39, 0.29) is 0 Å². The molecule has 0 aromatic heterocycles. The van der Waals surface area contributed by atoms with E-state index in [1.54, 1.807) is 0 Å². The van der Waals surface area contributed by atoms with Crippen LogP contribution in [0.4, 0.5) is 11.4 Å². The number of ether oxygens (including phenoxy) is 2. The van der Waals surface area contributed by atoms with Gasteiger partial charge in [0.25, 0.3) is 0 Å². The smallest absolute Gasteiger partial charge is 0.119 e. The fourth-order valence-corrected chi connectivity index (χ4v) is 2.87. The van der Waals surface area contributed by atoms with Crippen LogP contribution in [-0.4, -0.2) is 13.2 Å². The van der Waals surface area contributed by atoms with Crippen molar-refractivity contribution in [3.63, 3.8) is 0 Å². The minimum atomic E-state index is 0.798. The Morgan fingerprint density at radius 1 is 0.556 bits per heavy atom. The van der Waals surface area contributed by atoms with E-state index in [0.717, 1.165) is 48.9 Å². The summed E-state index contributed by atoms with van der Waals surface area (Å²) in [5.74, 6) is 1.87. The minimum absolute atomic E-state index is 0.798. The third-order valence-corrected chi connectivity index (χ3v) is 4.53. The summed E-state index contributed by atoms with van der Waals surface area (Å²) in [7, 11) is 0. The Kier molecular flexibility index (Phi) is 10.2. The van der Waals surface area contributed by atoms with Crippen molar-refractivity contribution < 1.29 is 9.47 Å². The van der Waals surface area contributed by atoms with Crippen molar-refractivity contribution in [2.24, 2.45) is 0 Å². The number of rotatable bonds is 14. The Hall–Kier alpha value is -2.16. The van der Waals surface area contributed by atoms with Gasteiger partial charge in [-0.3, -0.25) is 0 Å². The van der Waals surface area contributed by atoms with Gasteiger partial charge in [0.2, 0.25) is 0 Å². The van der Waals surface area contributed by atoms with Gasteiger partial charge in [0.05, 0.1) is 13.2 Å². The van der Waals surface area contributed by atoms with E-state index in [1.165, 1.54) is 38.5 Å². The van der Waals surface area contributed by atoms with Crippen molar-refractivity contribution in [2.45, 2.75) is 65.2 Å². The number of unbranched alkanes of at least 4 members (excludes halogenated alkanes) is 6. The Labute approximate surface area is 165 Å². The molecule has 0 bridgehead atoms. The van der Waals surface area contributed by atoms with Gasteiger partial charge in [-0.25, -0.2) is 0 Å². The fraction of sp³-hybridized carbons (Fsp3) is 0.500. The first-order chi connectivity index (χ1) is 13.3. The Balaban J connectivity index is 1.71. The molecule has 0 saturated carbocycles. The standard InChI is InChI=1S/C24H35NO2/c1-3-5-7-9-19-26-23-15-11-21(12-16-23)25-22-13-17-24(18-14-22)27-20-10-8-6-4-2/h11-18,25H,3-10,19-20H2,1-2H3. The molecule has 0 atom stereocenters. The summed E-state index contributed by atoms with van der Waals surface area (Å²) in [5, 5.41) is 3.42. The lowest BCUT2D eigenvalue weighted by Gasteiger charge is -2.10. The quantitative estimate of drug-likeness (QED) is 0.353. The summed E-state index contributed by atoms with van der Waals surface area (Å²) in [6.07, 6.45) is 9.83. The van der Waals surface area contributed by atoms with Crippen LogP contribution in [0.15, 0.2) is 48.5 Å². The summed E-state index contributed by atoms with van der Waals surface area (Å²) in [6, 6.07) is 16.3. The van der Waals surface area contributed by atoms with Gasteiger partial charge < -0.3 is 14.8 Å². The van der Waals surface area contributed by atoms with E-state index in [9.17, 15) is 0 Å². The Morgan fingerprint density at radius 2 is 0.963 bits per heavy atom. The number of anilines is 2. The number of nitrogens with one attached hydrogen (secondary N) is 1. The van der Waals surface area contributed by atoms with Crippen LogP contribution in [0.1, 0.15) is 65.2 Å². The molecule has 2 aromatic rings. The van der Waals surface area contributed by atoms with Crippen LogP contribution in [0, 0.1) is 0 Å². The molecule has 0 unspecified atom stereocenters. The van der Waals surface area contributed by atoms with Crippen molar-refractivity contribution in [3.05, 3.63) is 48.5 Å². The fourth-order valence-electron chi connectivity index (χ4n) is 2.87. The van der Waals surface area contributed by atoms with Gasteiger partial charge >= 0.3 is 0 Å². The maximum absolute atomic E-state index is 5.79. The van der Waals surface area contributed by atoms with Crippen LogP contribution in [0.5, 0.6) is 11.5 Å². The maximum Gasteiger partial charge on any atom is 0.119 e. The highest BCUT2D eigenvalue weighted by Gasteiger charge is 1.99. The molecular formula is C24H35NO2. The predicted octanol–water partition coefficient (Wildman–Crippen LogP) is 7.35. The number of benzene rings is 2. The first-order valence-electron chi connectivity index (χ1n) is 10.5. The second kappa shape index (κ2) is 13.1. The SMILES string of the molecule is CCCCCCOc1ccc(Nc2ccc(OCCCCCC)cc2)cc1. The third-order valence-electron chi connectivity index (χ3n) is 4.53. The molecule has 0 saturated heterocycles. The molecule has 0 aliphatic heterocycles. The van der Waals surface area contributed by atoms with Gasteiger partial charge in [0.15, 0.2) is 0 Å². The second-order valence-electron chi connectivity index (χ2n) is 6.99. The van der Waals surface area contributed by atoms with Crippen molar-refractivity contribution in [2.75, 3.05) is 18.5 Å². The topological polar surface area (TPSA) is 30.5 Å². The van der Waals surface area contributed by atoms with Gasteiger partial charge in [-0.2, -0.15) is 0 Å². The number of hydrogen-bond donors (Lipinski definition) is 1. The zero-order valence-electron chi connectivity index (χ0n) is 17.0. The number of hydrogen-bond acceptors (Lipinski definition) is 3. The van der Waals surface area contributed by atoms with Crippen molar-refractivity contribution in [1.29, 1.82) is 0 Å². The molecule has 0 aliphatic carbocycles. The molecule has 0 aliphatic rings. The lowest BCUT2D eigenvalue weighted by atomic mass is 10.2. The average molecular weight is 370 g/mol. The largest absolute Gasteiger partial charge is 0.494 e. The Bertz CT molecular complexity index is 552. The van der Waals surface area contributed by atoms with Gasteiger partial charge in [-0.05, 0) is 61.4 Å². The predicted molar refractivity (Wildman–Crippen MR) is 115 cm³/mol. The minimum Gasteiger partial charge on any atom is -0.494 e. The molecule has 3 heteroatoms. The summed E-state index contributed by atoms with van der Waals surface area (Å²) < 4.78 is 11.6. The van der Waals surface area contributed by atoms with Crippen LogP contribution in [0.25, 0.3) is 0 Å². The van der Waals surface area contributed by atoms with Crippen LogP contribution in [0.3, 0.4) is 0 Å². The van der Waals surface area contributed by atoms with E-state index >= 15 is 0 Å².